The predicted octanol–water partition coefficient (Wildman–Crippen LogP) is 1.36. The van der Waals surface area contributed by atoms with E-state index in [-0.39, 0.29) is 11.3 Å². The Bertz CT molecular complexity index is 656. The largest absolute Gasteiger partial charge is 0.373 e. The highest BCUT2D eigenvalue weighted by Gasteiger charge is 2.20. The highest BCUT2D eigenvalue weighted by molar-refractivity contribution is 5.91. The van der Waals surface area contributed by atoms with E-state index < -0.39 is 0 Å². The summed E-state index contributed by atoms with van der Waals surface area (Å²) in [4.78, 5) is 20.6. The summed E-state index contributed by atoms with van der Waals surface area (Å²) in [6.07, 6.45) is 1.71. The standard InChI is InChI=1S/C14H20N6O/c1-14(2,3)13-17-10(15-4)8-11(18-13)20-7-6-9(19-20)12(21)16-5/h6-8H,1-5H3,(H,16,21)(H,15,17,18). The van der Waals surface area contributed by atoms with Crippen molar-refractivity contribution in [3.05, 3.63) is 29.8 Å². The van der Waals surface area contributed by atoms with Gasteiger partial charge in [0.2, 0.25) is 0 Å². The maximum atomic E-state index is 11.6. The summed E-state index contributed by atoms with van der Waals surface area (Å²) in [5.74, 6) is 1.81. The maximum absolute atomic E-state index is 11.6. The lowest BCUT2D eigenvalue weighted by Gasteiger charge is -2.18. The lowest BCUT2D eigenvalue weighted by molar-refractivity contribution is 0.0957. The number of hydrogen-bond acceptors (Lipinski definition) is 5. The summed E-state index contributed by atoms with van der Waals surface area (Å²) in [5, 5.41) is 9.80. The van der Waals surface area contributed by atoms with Crippen LogP contribution in [0, 0.1) is 0 Å². The summed E-state index contributed by atoms with van der Waals surface area (Å²) in [7, 11) is 3.38. The lowest BCUT2D eigenvalue weighted by atomic mass is 9.96. The summed E-state index contributed by atoms with van der Waals surface area (Å²) >= 11 is 0. The van der Waals surface area contributed by atoms with Crippen molar-refractivity contribution in [2.75, 3.05) is 19.4 Å². The minimum Gasteiger partial charge on any atom is -0.373 e. The summed E-state index contributed by atoms with van der Waals surface area (Å²) in [6.45, 7) is 6.14. The second kappa shape index (κ2) is 5.51. The van der Waals surface area contributed by atoms with Crippen molar-refractivity contribution < 1.29 is 4.79 Å². The van der Waals surface area contributed by atoms with Gasteiger partial charge >= 0.3 is 0 Å². The number of aromatic nitrogens is 4. The maximum Gasteiger partial charge on any atom is 0.271 e. The van der Waals surface area contributed by atoms with Crippen LogP contribution in [-0.4, -0.2) is 39.8 Å². The molecule has 7 heteroatoms. The topological polar surface area (TPSA) is 84.7 Å². The Hall–Kier alpha value is -2.44. The van der Waals surface area contributed by atoms with E-state index in [1.54, 1.807) is 37.1 Å². The van der Waals surface area contributed by atoms with Crippen LogP contribution in [0.1, 0.15) is 37.1 Å². The highest BCUT2D eigenvalue weighted by Crippen LogP contribution is 2.21. The van der Waals surface area contributed by atoms with E-state index in [0.717, 1.165) is 0 Å². The molecule has 0 aliphatic rings. The van der Waals surface area contributed by atoms with Gasteiger partial charge in [-0.3, -0.25) is 4.79 Å². The molecule has 0 saturated heterocycles. The summed E-state index contributed by atoms with van der Waals surface area (Å²) < 4.78 is 1.57. The quantitative estimate of drug-likeness (QED) is 0.891. The van der Waals surface area contributed by atoms with Crippen molar-refractivity contribution in [1.29, 1.82) is 0 Å². The molecule has 0 aliphatic carbocycles. The molecule has 2 N–H and O–H groups in total. The first-order valence-electron chi connectivity index (χ1n) is 6.70. The van der Waals surface area contributed by atoms with E-state index in [0.29, 0.717) is 23.2 Å². The van der Waals surface area contributed by atoms with Gasteiger partial charge in [0.15, 0.2) is 11.5 Å². The number of anilines is 1. The molecule has 0 saturated carbocycles. The third-order valence-electron chi connectivity index (χ3n) is 2.92. The molecule has 21 heavy (non-hydrogen) atoms. The normalized spacial score (nSPS) is 11.3. The minimum absolute atomic E-state index is 0.182. The Morgan fingerprint density at radius 3 is 2.52 bits per heavy atom. The van der Waals surface area contributed by atoms with E-state index in [1.165, 1.54) is 0 Å². The number of hydrogen-bond donors (Lipinski definition) is 2. The van der Waals surface area contributed by atoms with Gasteiger partial charge in [-0.05, 0) is 6.07 Å². The van der Waals surface area contributed by atoms with Crippen LogP contribution in [-0.2, 0) is 5.41 Å². The lowest BCUT2D eigenvalue weighted by Crippen LogP contribution is -2.20. The van der Waals surface area contributed by atoms with E-state index in [1.807, 2.05) is 20.8 Å². The molecule has 2 rings (SSSR count). The van der Waals surface area contributed by atoms with Crippen LogP contribution in [0.5, 0.6) is 0 Å². The molecule has 0 bridgehead atoms. The van der Waals surface area contributed by atoms with Crippen LogP contribution in [0.15, 0.2) is 18.3 Å². The number of carbonyl (C=O) groups is 1. The molecule has 0 radical (unpaired) electrons. The first-order valence-corrected chi connectivity index (χ1v) is 6.70. The zero-order valence-corrected chi connectivity index (χ0v) is 12.9. The van der Waals surface area contributed by atoms with Crippen LogP contribution in [0.3, 0.4) is 0 Å². The average molecular weight is 288 g/mol. The second-order valence-electron chi connectivity index (χ2n) is 5.66. The SMILES string of the molecule is CNC(=O)c1ccn(-c2cc(NC)nc(C(C)(C)C)n2)n1. The van der Waals surface area contributed by atoms with Gasteiger partial charge in [0.1, 0.15) is 11.6 Å². The van der Waals surface area contributed by atoms with Crippen molar-refractivity contribution in [2.24, 2.45) is 0 Å². The Morgan fingerprint density at radius 2 is 1.95 bits per heavy atom. The Morgan fingerprint density at radius 1 is 1.24 bits per heavy atom. The van der Waals surface area contributed by atoms with Gasteiger partial charge < -0.3 is 10.6 Å². The third kappa shape index (κ3) is 3.18. The molecule has 0 atom stereocenters. The number of nitrogens with one attached hydrogen (secondary N) is 2. The second-order valence-corrected chi connectivity index (χ2v) is 5.66. The zero-order chi connectivity index (χ0) is 15.6. The fourth-order valence-electron chi connectivity index (χ4n) is 1.72. The fraction of sp³-hybridized carbons (Fsp3) is 0.429. The van der Waals surface area contributed by atoms with E-state index in [4.69, 9.17) is 0 Å². The van der Waals surface area contributed by atoms with Gasteiger partial charge in [-0.2, -0.15) is 5.10 Å². The van der Waals surface area contributed by atoms with Crippen LogP contribution < -0.4 is 10.6 Å². The monoisotopic (exact) mass is 288 g/mol. The molecule has 2 heterocycles. The van der Waals surface area contributed by atoms with Crippen LogP contribution in [0.4, 0.5) is 5.82 Å². The van der Waals surface area contributed by atoms with Crippen LogP contribution >= 0.6 is 0 Å². The molecule has 0 aliphatic heterocycles. The molecule has 7 nitrogen and oxygen atoms in total. The Kier molecular flexibility index (Phi) is 3.93. The molecule has 0 unspecified atom stereocenters. The van der Waals surface area contributed by atoms with Crippen molar-refractivity contribution >= 4 is 11.7 Å². The molecule has 1 amide bonds. The minimum atomic E-state index is -0.229. The number of rotatable bonds is 3. The average Bonchev–Trinajstić information content (AvgIpc) is 2.94. The number of amides is 1. The molecule has 0 aromatic carbocycles. The van der Waals surface area contributed by atoms with E-state index >= 15 is 0 Å². The van der Waals surface area contributed by atoms with Crippen molar-refractivity contribution in [3.63, 3.8) is 0 Å². The van der Waals surface area contributed by atoms with E-state index in [2.05, 4.69) is 25.7 Å². The predicted molar refractivity (Wildman–Crippen MR) is 80.8 cm³/mol. The fourth-order valence-corrected chi connectivity index (χ4v) is 1.72. The first-order chi connectivity index (χ1) is 9.85. The van der Waals surface area contributed by atoms with Gasteiger partial charge in [0, 0.05) is 31.8 Å². The van der Waals surface area contributed by atoms with Gasteiger partial charge in [-0.1, -0.05) is 20.8 Å². The van der Waals surface area contributed by atoms with Gasteiger partial charge in [-0.15, -0.1) is 0 Å². The Labute approximate surface area is 123 Å². The molecule has 2 aromatic heterocycles. The smallest absolute Gasteiger partial charge is 0.271 e. The summed E-state index contributed by atoms with van der Waals surface area (Å²) in [5.41, 5.74) is 0.165. The molecular formula is C14H20N6O. The molecule has 0 fully saturated rings. The van der Waals surface area contributed by atoms with Gasteiger partial charge in [-0.25, -0.2) is 14.6 Å². The molecule has 112 valence electrons. The number of carbonyl (C=O) groups excluding carboxylic acids is 1. The Balaban J connectivity index is 2.48. The van der Waals surface area contributed by atoms with Gasteiger partial charge in [0.05, 0.1) is 0 Å². The zero-order valence-electron chi connectivity index (χ0n) is 12.9. The molecule has 2 aromatic rings. The first kappa shape index (κ1) is 15.0. The molecular weight excluding hydrogens is 268 g/mol. The third-order valence-corrected chi connectivity index (χ3v) is 2.92. The van der Waals surface area contributed by atoms with Crippen molar-refractivity contribution in [2.45, 2.75) is 26.2 Å². The highest BCUT2D eigenvalue weighted by atomic mass is 16.1. The van der Waals surface area contributed by atoms with Gasteiger partial charge in [0.25, 0.3) is 5.91 Å². The molecule has 0 spiro atoms. The number of nitrogens with zero attached hydrogens (tertiary/aromatic N) is 4. The van der Waals surface area contributed by atoms with Crippen LogP contribution in [0.25, 0.3) is 5.82 Å². The van der Waals surface area contributed by atoms with Crippen molar-refractivity contribution in [3.8, 4) is 5.82 Å². The van der Waals surface area contributed by atoms with Crippen molar-refractivity contribution in [1.82, 2.24) is 25.1 Å². The summed E-state index contributed by atoms with van der Waals surface area (Å²) in [6, 6.07) is 3.44. The van der Waals surface area contributed by atoms with Crippen LogP contribution in [0.2, 0.25) is 0 Å². The van der Waals surface area contributed by atoms with E-state index in [9.17, 15) is 4.79 Å².